The van der Waals surface area contributed by atoms with Crippen molar-refractivity contribution in [1.82, 2.24) is 15.1 Å². The molecule has 2 heterocycles. The first-order chi connectivity index (χ1) is 13.0. The second kappa shape index (κ2) is 7.31. The van der Waals surface area contributed by atoms with Gasteiger partial charge in [-0.15, -0.1) is 0 Å². The second-order valence-corrected chi connectivity index (χ2v) is 8.29. The third-order valence-corrected chi connectivity index (χ3v) is 6.40. The lowest BCUT2D eigenvalue weighted by Gasteiger charge is -2.22. The van der Waals surface area contributed by atoms with Crippen LogP contribution in [0.15, 0.2) is 18.2 Å². The summed E-state index contributed by atoms with van der Waals surface area (Å²) in [6.07, 6.45) is 1.66. The molecule has 3 atom stereocenters. The molecule has 0 radical (unpaired) electrons. The van der Waals surface area contributed by atoms with E-state index in [1.54, 1.807) is 23.1 Å². The summed E-state index contributed by atoms with van der Waals surface area (Å²) in [7, 11) is 0. The van der Waals surface area contributed by atoms with Gasteiger partial charge in [-0.25, -0.2) is 0 Å². The lowest BCUT2D eigenvalue weighted by molar-refractivity contribution is -0.130. The minimum absolute atomic E-state index is 0.00935. The van der Waals surface area contributed by atoms with Crippen LogP contribution in [0, 0.1) is 23.2 Å². The quantitative estimate of drug-likeness (QED) is 0.830. The van der Waals surface area contributed by atoms with E-state index >= 15 is 0 Å². The Morgan fingerprint density at radius 3 is 2.67 bits per heavy atom. The van der Waals surface area contributed by atoms with E-state index in [1.165, 1.54) is 0 Å². The number of nitrogens with one attached hydrogen (secondary N) is 1. The Kier molecular flexibility index (Phi) is 5.02. The predicted molar refractivity (Wildman–Crippen MR) is 101 cm³/mol. The minimum Gasteiger partial charge on any atom is -0.338 e. The number of likely N-dealkylation sites (tertiary alicyclic amines) is 2. The van der Waals surface area contributed by atoms with E-state index in [4.69, 9.17) is 28.5 Å². The molecule has 6 nitrogen and oxygen atoms in total. The van der Waals surface area contributed by atoms with Crippen LogP contribution in [0.2, 0.25) is 10.0 Å². The summed E-state index contributed by atoms with van der Waals surface area (Å²) >= 11 is 12.0. The molecule has 0 bridgehead atoms. The van der Waals surface area contributed by atoms with Gasteiger partial charge in [0.25, 0.3) is 5.91 Å². The fraction of sp³-hybridized carbons (Fsp3) is 0.526. The number of carbonyl (C=O) groups is 2. The largest absolute Gasteiger partial charge is 0.338 e. The SMILES string of the molecule is N#C[C@@H]1CCCN1C(=O)CNC1C2CN(C(=O)c3ccc(Cl)cc3Cl)CC21. The standard InChI is InChI=1S/C19H20Cl2N4O2/c20-11-3-4-13(16(21)6-11)19(27)24-9-14-15(10-24)18(14)23-8-17(26)25-5-1-2-12(25)7-22/h3-4,6,12,14-15,18,23H,1-2,5,8-10H2/t12-,14?,15?,18?/m0/s1. The number of hydrogen-bond donors (Lipinski definition) is 1. The topological polar surface area (TPSA) is 76.4 Å². The summed E-state index contributed by atoms with van der Waals surface area (Å²) in [4.78, 5) is 28.4. The number of halogens is 2. The molecule has 1 saturated carbocycles. The maximum absolute atomic E-state index is 12.6. The maximum Gasteiger partial charge on any atom is 0.255 e. The third-order valence-electron chi connectivity index (χ3n) is 5.85. The fourth-order valence-corrected chi connectivity index (χ4v) is 4.82. The summed E-state index contributed by atoms with van der Waals surface area (Å²) in [5.41, 5.74) is 0.471. The van der Waals surface area contributed by atoms with Crippen molar-refractivity contribution in [2.24, 2.45) is 11.8 Å². The first kappa shape index (κ1) is 18.5. The van der Waals surface area contributed by atoms with E-state index in [0.717, 1.165) is 12.8 Å². The molecule has 1 aromatic carbocycles. The first-order valence-corrected chi connectivity index (χ1v) is 9.92. The van der Waals surface area contributed by atoms with E-state index < -0.39 is 0 Å². The highest BCUT2D eigenvalue weighted by molar-refractivity contribution is 6.36. The zero-order chi connectivity index (χ0) is 19.1. The van der Waals surface area contributed by atoms with Crippen LogP contribution in [0.25, 0.3) is 0 Å². The summed E-state index contributed by atoms with van der Waals surface area (Å²) in [5, 5.41) is 13.3. The van der Waals surface area contributed by atoms with Crippen molar-refractivity contribution >= 4 is 35.0 Å². The molecule has 2 aliphatic heterocycles. The smallest absolute Gasteiger partial charge is 0.255 e. The molecular weight excluding hydrogens is 387 g/mol. The van der Waals surface area contributed by atoms with Crippen LogP contribution < -0.4 is 5.32 Å². The van der Waals surface area contributed by atoms with Crippen LogP contribution in [0.4, 0.5) is 0 Å². The summed E-state index contributed by atoms with van der Waals surface area (Å²) < 4.78 is 0. The number of nitriles is 1. The van der Waals surface area contributed by atoms with Crippen LogP contribution in [0.1, 0.15) is 23.2 Å². The molecule has 2 unspecified atom stereocenters. The zero-order valence-corrected chi connectivity index (χ0v) is 16.2. The van der Waals surface area contributed by atoms with Gasteiger partial charge in [-0.3, -0.25) is 9.59 Å². The van der Waals surface area contributed by atoms with E-state index in [9.17, 15) is 9.59 Å². The molecule has 1 aliphatic carbocycles. The first-order valence-electron chi connectivity index (χ1n) is 9.16. The molecule has 8 heteroatoms. The molecule has 0 spiro atoms. The molecule has 1 N–H and O–H groups in total. The Balaban J connectivity index is 1.27. The lowest BCUT2D eigenvalue weighted by Crippen LogP contribution is -2.43. The van der Waals surface area contributed by atoms with Crippen molar-refractivity contribution in [2.45, 2.75) is 24.9 Å². The molecule has 4 rings (SSSR count). The highest BCUT2D eigenvalue weighted by Gasteiger charge is 2.56. The number of rotatable bonds is 4. The minimum atomic E-state index is -0.282. The van der Waals surface area contributed by atoms with Crippen molar-refractivity contribution in [1.29, 1.82) is 5.26 Å². The monoisotopic (exact) mass is 406 g/mol. The van der Waals surface area contributed by atoms with Crippen LogP contribution in [0.5, 0.6) is 0 Å². The highest BCUT2D eigenvalue weighted by atomic mass is 35.5. The molecule has 2 amide bonds. The van der Waals surface area contributed by atoms with Crippen molar-refractivity contribution in [2.75, 3.05) is 26.2 Å². The number of hydrogen-bond acceptors (Lipinski definition) is 4. The molecule has 2 saturated heterocycles. The van der Waals surface area contributed by atoms with Gasteiger partial charge in [-0.2, -0.15) is 5.26 Å². The number of nitrogens with zero attached hydrogens (tertiary/aromatic N) is 3. The molecule has 142 valence electrons. The van der Waals surface area contributed by atoms with Gasteiger partial charge < -0.3 is 15.1 Å². The highest BCUT2D eigenvalue weighted by Crippen LogP contribution is 2.46. The van der Waals surface area contributed by atoms with Crippen LogP contribution in [0.3, 0.4) is 0 Å². The Labute approximate surface area is 168 Å². The molecule has 1 aromatic rings. The van der Waals surface area contributed by atoms with Gasteiger partial charge in [-0.05, 0) is 42.9 Å². The van der Waals surface area contributed by atoms with Crippen molar-refractivity contribution in [3.05, 3.63) is 33.8 Å². The van der Waals surface area contributed by atoms with Crippen molar-refractivity contribution in [3.8, 4) is 6.07 Å². The number of carbonyl (C=O) groups excluding carboxylic acids is 2. The average Bonchev–Trinajstić information content (AvgIpc) is 3.04. The van der Waals surface area contributed by atoms with Gasteiger partial charge in [-0.1, -0.05) is 23.2 Å². The van der Waals surface area contributed by atoms with Gasteiger partial charge in [0.15, 0.2) is 0 Å². The number of amides is 2. The van der Waals surface area contributed by atoms with Gasteiger partial charge >= 0.3 is 0 Å². The normalized spacial score (nSPS) is 28.8. The van der Waals surface area contributed by atoms with Crippen LogP contribution in [-0.2, 0) is 4.79 Å². The Hall–Kier alpha value is -1.81. The fourth-order valence-electron chi connectivity index (χ4n) is 4.33. The summed E-state index contributed by atoms with van der Waals surface area (Å²) in [5.74, 6) is 0.661. The van der Waals surface area contributed by atoms with Crippen LogP contribution >= 0.6 is 23.2 Å². The Morgan fingerprint density at radius 2 is 2.00 bits per heavy atom. The molecular formula is C19H20Cl2N4O2. The van der Waals surface area contributed by atoms with E-state index in [1.807, 2.05) is 4.90 Å². The summed E-state index contributed by atoms with van der Waals surface area (Å²) in [6.45, 7) is 2.25. The second-order valence-electron chi connectivity index (χ2n) is 7.44. The summed E-state index contributed by atoms with van der Waals surface area (Å²) in [6, 6.07) is 7.08. The number of benzene rings is 1. The zero-order valence-electron chi connectivity index (χ0n) is 14.7. The van der Waals surface area contributed by atoms with Gasteiger partial charge in [0.1, 0.15) is 6.04 Å². The molecule has 3 aliphatic rings. The van der Waals surface area contributed by atoms with E-state index in [-0.39, 0.29) is 30.4 Å². The molecule has 0 aromatic heterocycles. The van der Waals surface area contributed by atoms with Gasteiger partial charge in [0.2, 0.25) is 5.91 Å². The lowest BCUT2D eigenvalue weighted by atomic mass is 10.2. The molecule has 3 fully saturated rings. The maximum atomic E-state index is 12.6. The van der Waals surface area contributed by atoms with E-state index in [0.29, 0.717) is 47.1 Å². The number of fused-ring (bicyclic) bond motifs is 1. The van der Waals surface area contributed by atoms with Crippen molar-refractivity contribution in [3.63, 3.8) is 0 Å². The predicted octanol–water partition coefficient (Wildman–Crippen LogP) is 2.17. The third kappa shape index (κ3) is 3.52. The Bertz CT molecular complexity index is 812. The number of piperidine rings is 1. The Morgan fingerprint density at radius 1 is 1.26 bits per heavy atom. The van der Waals surface area contributed by atoms with Gasteiger partial charge in [0, 0.05) is 30.7 Å². The van der Waals surface area contributed by atoms with Gasteiger partial charge in [0.05, 0.1) is 23.2 Å². The van der Waals surface area contributed by atoms with Crippen molar-refractivity contribution < 1.29 is 9.59 Å². The van der Waals surface area contributed by atoms with Crippen LogP contribution in [-0.4, -0.2) is 59.9 Å². The molecule has 27 heavy (non-hydrogen) atoms. The average molecular weight is 407 g/mol. The van der Waals surface area contributed by atoms with E-state index in [2.05, 4.69) is 11.4 Å².